The fourth-order valence-corrected chi connectivity index (χ4v) is 1.79. The number of thiol groups is 1. The molecule has 16 heavy (non-hydrogen) atoms. The molecule has 0 aromatic carbocycles. The topological polar surface area (TPSA) is 26.3 Å². The lowest BCUT2D eigenvalue weighted by Crippen LogP contribution is -1.99. The molecule has 0 amide bonds. The number of carbonyl (C=O) groups is 1. The van der Waals surface area contributed by atoms with E-state index in [0.29, 0.717) is 5.92 Å². The van der Waals surface area contributed by atoms with Crippen molar-refractivity contribution in [3.05, 3.63) is 22.6 Å². The van der Waals surface area contributed by atoms with Crippen molar-refractivity contribution in [1.29, 1.82) is 0 Å². The average molecular weight is 242 g/mol. The second-order valence-corrected chi connectivity index (χ2v) is 4.90. The molecule has 3 heteroatoms. The van der Waals surface area contributed by atoms with E-state index < -0.39 is 0 Å². The highest BCUT2D eigenvalue weighted by Crippen LogP contribution is 2.19. The van der Waals surface area contributed by atoms with Crippen molar-refractivity contribution < 1.29 is 9.53 Å². The molecule has 0 heterocycles. The molecule has 2 nitrogen and oxygen atoms in total. The van der Waals surface area contributed by atoms with Crippen LogP contribution in [0.5, 0.6) is 0 Å². The van der Waals surface area contributed by atoms with Gasteiger partial charge in [-0.05, 0) is 43.9 Å². The van der Waals surface area contributed by atoms with Crippen LogP contribution in [0.1, 0.15) is 40.0 Å². The van der Waals surface area contributed by atoms with E-state index in [1.54, 1.807) is 0 Å². The Hall–Kier alpha value is -0.700. The lowest BCUT2D eigenvalue weighted by Gasteiger charge is -2.09. The van der Waals surface area contributed by atoms with E-state index in [-0.39, 0.29) is 5.97 Å². The predicted molar refractivity (Wildman–Crippen MR) is 71.5 cm³/mol. The maximum Gasteiger partial charge on any atom is 0.331 e. The second-order valence-electron chi connectivity index (χ2n) is 4.33. The highest BCUT2D eigenvalue weighted by molar-refractivity contribution is 7.84. The van der Waals surface area contributed by atoms with Gasteiger partial charge in [0.2, 0.25) is 0 Å². The molecule has 0 fully saturated rings. The summed E-state index contributed by atoms with van der Waals surface area (Å²) in [5, 5.41) is 0. The van der Waals surface area contributed by atoms with Gasteiger partial charge in [-0.1, -0.05) is 18.6 Å². The fraction of sp³-hybridized carbons (Fsp3) is 0.615. The lowest BCUT2D eigenvalue weighted by molar-refractivity contribution is -0.134. The Labute approximate surface area is 104 Å². The van der Waals surface area contributed by atoms with Crippen LogP contribution in [0.15, 0.2) is 22.6 Å². The van der Waals surface area contributed by atoms with Crippen LogP contribution in [0.25, 0.3) is 0 Å². The molecule has 0 rings (SSSR count). The molecule has 0 radical (unpaired) electrons. The highest BCUT2D eigenvalue weighted by atomic mass is 32.1. The third-order valence-electron chi connectivity index (χ3n) is 2.26. The molecule has 0 aliphatic carbocycles. The van der Waals surface area contributed by atoms with E-state index in [2.05, 4.69) is 44.2 Å². The first-order chi connectivity index (χ1) is 7.45. The zero-order valence-corrected chi connectivity index (χ0v) is 11.5. The first kappa shape index (κ1) is 15.3. The number of ether oxygens (including phenoxy) is 1. The summed E-state index contributed by atoms with van der Waals surface area (Å²) in [6, 6.07) is 0. The van der Waals surface area contributed by atoms with Crippen LogP contribution in [-0.4, -0.2) is 13.1 Å². The van der Waals surface area contributed by atoms with Gasteiger partial charge in [0.05, 0.1) is 7.11 Å². The minimum absolute atomic E-state index is 0.332. The molecule has 1 unspecified atom stereocenters. The van der Waals surface area contributed by atoms with E-state index in [4.69, 9.17) is 0 Å². The zero-order chi connectivity index (χ0) is 12.6. The lowest BCUT2D eigenvalue weighted by atomic mass is 10.0. The van der Waals surface area contributed by atoms with Crippen molar-refractivity contribution in [1.82, 2.24) is 0 Å². The number of esters is 1. The van der Waals surface area contributed by atoms with Crippen molar-refractivity contribution in [2.75, 3.05) is 7.11 Å². The van der Waals surface area contributed by atoms with Crippen LogP contribution in [0, 0.1) is 5.92 Å². The van der Waals surface area contributed by atoms with Gasteiger partial charge in [-0.2, -0.15) is 0 Å². The number of hydrogen-bond donors (Lipinski definition) is 1. The molecule has 0 spiro atoms. The molecular weight excluding hydrogens is 220 g/mol. The standard InChI is InChI=1S/C13H22O2S/c1-10(2)6-5-7-11(3)8-12(16)9-13(14)15-4/h6,9,11,16H,5,7-8H2,1-4H3/b12-9-. The average Bonchev–Trinajstić information content (AvgIpc) is 2.16. The molecule has 0 aromatic rings. The Morgan fingerprint density at radius 2 is 2.06 bits per heavy atom. The molecule has 0 aliphatic rings. The number of rotatable bonds is 6. The summed E-state index contributed by atoms with van der Waals surface area (Å²) in [4.78, 5) is 11.7. The predicted octanol–water partition coefficient (Wildman–Crippen LogP) is 3.75. The normalized spacial score (nSPS) is 13.2. The Kier molecular flexibility index (Phi) is 8.08. The summed E-state index contributed by atoms with van der Waals surface area (Å²) >= 11 is 4.27. The van der Waals surface area contributed by atoms with Gasteiger partial charge in [-0.15, -0.1) is 12.6 Å². The van der Waals surface area contributed by atoms with Crippen molar-refractivity contribution in [3.8, 4) is 0 Å². The first-order valence-corrected chi connectivity index (χ1v) is 6.01. The van der Waals surface area contributed by atoms with E-state index in [1.165, 1.54) is 18.8 Å². The largest absolute Gasteiger partial charge is 0.466 e. The van der Waals surface area contributed by atoms with Crippen molar-refractivity contribution >= 4 is 18.6 Å². The molecule has 0 aliphatic heterocycles. The van der Waals surface area contributed by atoms with Crippen LogP contribution >= 0.6 is 12.6 Å². The Balaban J connectivity index is 3.95. The van der Waals surface area contributed by atoms with Crippen LogP contribution < -0.4 is 0 Å². The van der Waals surface area contributed by atoms with E-state index in [9.17, 15) is 4.79 Å². The summed E-state index contributed by atoms with van der Waals surface area (Å²) in [6.07, 6.45) is 6.71. The molecule has 0 bridgehead atoms. The van der Waals surface area contributed by atoms with Gasteiger partial charge in [0, 0.05) is 6.08 Å². The SMILES string of the molecule is COC(=O)/C=C(\S)CC(C)CCC=C(C)C. The first-order valence-electron chi connectivity index (χ1n) is 5.56. The zero-order valence-electron chi connectivity index (χ0n) is 10.6. The Bertz CT molecular complexity index is 276. The van der Waals surface area contributed by atoms with Crippen LogP contribution in [0.4, 0.5) is 0 Å². The number of allylic oxidation sites excluding steroid dienone is 3. The van der Waals surface area contributed by atoms with Gasteiger partial charge < -0.3 is 4.74 Å². The van der Waals surface area contributed by atoms with Gasteiger partial charge in [-0.3, -0.25) is 0 Å². The van der Waals surface area contributed by atoms with Gasteiger partial charge in [0.1, 0.15) is 0 Å². The Morgan fingerprint density at radius 3 is 2.56 bits per heavy atom. The number of carbonyl (C=O) groups excluding carboxylic acids is 1. The molecule has 0 N–H and O–H groups in total. The highest BCUT2D eigenvalue weighted by Gasteiger charge is 2.04. The summed E-state index contributed by atoms with van der Waals surface area (Å²) in [7, 11) is 1.37. The van der Waals surface area contributed by atoms with E-state index >= 15 is 0 Å². The summed E-state index contributed by atoms with van der Waals surface area (Å²) in [6.45, 7) is 6.37. The summed E-state index contributed by atoms with van der Waals surface area (Å²) < 4.78 is 4.54. The minimum atomic E-state index is -0.332. The Morgan fingerprint density at radius 1 is 1.44 bits per heavy atom. The molecule has 0 saturated heterocycles. The van der Waals surface area contributed by atoms with Gasteiger partial charge in [0.15, 0.2) is 0 Å². The molecule has 1 atom stereocenters. The van der Waals surface area contributed by atoms with Crippen molar-refractivity contribution in [3.63, 3.8) is 0 Å². The van der Waals surface area contributed by atoms with Crippen molar-refractivity contribution in [2.45, 2.75) is 40.0 Å². The van der Waals surface area contributed by atoms with Crippen LogP contribution in [-0.2, 0) is 9.53 Å². The van der Waals surface area contributed by atoms with Crippen LogP contribution in [0.3, 0.4) is 0 Å². The van der Waals surface area contributed by atoms with Crippen molar-refractivity contribution in [2.24, 2.45) is 5.92 Å². The van der Waals surface area contributed by atoms with Gasteiger partial charge in [0.25, 0.3) is 0 Å². The van der Waals surface area contributed by atoms with Gasteiger partial charge >= 0.3 is 5.97 Å². The maximum absolute atomic E-state index is 11.0. The summed E-state index contributed by atoms with van der Waals surface area (Å²) in [5.74, 6) is 0.200. The molecule has 92 valence electrons. The number of hydrogen-bond acceptors (Lipinski definition) is 3. The van der Waals surface area contributed by atoms with E-state index in [0.717, 1.165) is 24.2 Å². The molecule has 0 saturated carbocycles. The monoisotopic (exact) mass is 242 g/mol. The second kappa shape index (κ2) is 8.45. The number of methoxy groups -OCH3 is 1. The summed E-state index contributed by atoms with van der Waals surface area (Å²) in [5.41, 5.74) is 1.35. The quantitative estimate of drug-likeness (QED) is 0.332. The third kappa shape index (κ3) is 8.60. The maximum atomic E-state index is 11.0. The van der Waals surface area contributed by atoms with Crippen LogP contribution in [0.2, 0.25) is 0 Å². The third-order valence-corrected chi connectivity index (χ3v) is 2.57. The molecule has 0 aromatic heterocycles. The smallest absolute Gasteiger partial charge is 0.331 e. The van der Waals surface area contributed by atoms with Gasteiger partial charge in [-0.25, -0.2) is 4.79 Å². The molecular formula is C13H22O2S. The van der Waals surface area contributed by atoms with E-state index in [1.807, 2.05) is 0 Å². The fourth-order valence-electron chi connectivity index (χ4n) is 1.37. The minimum Gasteiger partial charge on any atom is -0.466 e.